The van der Waals surface area contributed by atoms with Gasteiger partial charge in [0.05, 0.1) is 0 Å². The Balaban J connectivity index is 4.36. The molecule has 0 aliphatic heterocycles. The molecule has 6 nitrogen and oxygen atoms in total. The summed E-state index contributed by atoms with van der Waals surface area (Å²) in [7, 11) is 0. The average molecular weight is 639 g/mol. The predicted octanol–water partition coefficient (Wildman–Crippen LogP) is 9.91. The van der Waals surface area contributed by atoms with Gasteiger partial charge in [-0.25, -0.2) is 0 Å². The molecule has 3 N–H and O–H groups in total. The fraction of sp³-hybridized carbons (Fsp3) is 0.923. The van der Waals surface area contributed by atoms with Crippen LogP contribution in [0.1, 0.15) is 213 Å². The van der Waals surface area contributed by atoms with Crippen molar-refractivity contribution >= 4 is 17.3 Å². The lowest BCUT2D eigenvalue weighted by Gasteiger charge is -2.32. The third-order valence-corrected chi connectivity index (χ3v) is 9.42. The second kappa shape index (κ2) is 30.2. The first-order valence-corrected chi connectivity index (χ1v) is 19.4. The lowest BCUT2D eigenvalue weighted by molar-refractivity contribution is -0.174. The van der Waals surface area contributed by atoms with Crippen molar-refractivity contribution in [3.05, 3.63) is 0 Å². The standard InChI is InChI=1S/C39H74O6/c1-4-7-9-11-13-15-17-19-21-23-25-27-29-32-34(40)37(43)38(44)39(45,35(41)31-6-3)36(42)33-30-28-26-24-22-20-18-16-14-12-10-8-5-2/h37-38,43-45H,4-33H2,1-3H3. The van der Waals surface area contributed by atoms with Crippen molar-refractivity contribution in [2.24, 2.45) is 0 Å². The zero-order valence-electron chi connectivity index (χ0n) is 29.9. The van der Waals surface area contributed by atoms with E-state index < -0.39 is 35.2 Å². The van der Waals surface area contributed by atoms with Crippen molar-refractivity contribution in [1.82, 2.24) is 0 Å². The van der Waals surface area contributed by atoms with Gasteiger partial charge in [0.25, 0.3) is 0 Å². The highest BCUT2D eigenvalue weighted by atomic mass is 16.4. The second-order valence-corrected chi connectivity index (χ2v) is 13.7. The van der Waals surface area contributed by atoms with Gasteiger partial charge in [-0.15, -0.1) is 0 Å². The van der Waals surface area contributed by atoms with Crippen LogP contribution in [0.2, 0.25) is 0 Å². The molecule has 45 heavy (non-hydrogen) atoms. The maximum absolute atomic E-state index is 13.1. The number of hydrogen-bond donors (Lipinski definition) is 3. The smallest absolute Gasteiger partial charge is 0.210 e. The van der Waals surface area contributed by atoms with E-state index in [4.69, 9.17) is 0 Å². The summed E-state index contributed by atoms with van der Waals surface area (Å²) in [5.74, 6) is -2.23. The minimum Gasteiger partial charge on any atom is -0.386 e. The normalized spacial score (nSPS) is 14.3. The SMILES string of the molecule is CCCCCCCCCCCCCCCC(=O)C(O)C(O)C(O)(C(=O)CCC)C(=O)CCCCCCCCCCCCCCC. The second-order valence-electron chi connectivity index (χ2n) is 13.7. The van der Waals surface area contributed by atoms with Gasteiger partial charge in [0.1, 0.15) is 12.2 Å². The van der Waals surface area contributed by atoms with Gasteiger partial charge >= 0.3 is 0 Å². The van der Waals surface area contributed by atoms with Gasteiger partial charge in [0.15, 0.2) is 17.3 Å². The molecule has 6 heteroatoms. The van der Waals surface area contributed by atoms with Crippen molar-refractivity contribution in [2.45, 2.75) is 231 Å². The van der Waals surface area contributed by atoms with Gasteiger partial charge in [0.2, 0.25) is 5.60 Å². The summed E-state index contributed by atoms with van der Waals surface area (Å²) in [6.07, 6.45) is 26.5. The van der Waals surface area contributed by atoms with E-state index in [9.17, 15) is 29.7 Å². The summed E-state index contributed by atoms with van der Waals surface area (Å²) in [6.45, 7) is 6.22. The van der Waals surface area contributed by atoms with Crippen LogP contribution in [0.15, 0.2) is 0 Å². The number of aliphatic hydroxyl groups excluding tert-OH is 2. The Labute approximate surface area is 277 Å². The average Bonchev–Trinajstić information content (AvgIpc) is 3.04. The van der Waals surface area contributed by atoms with Crippen molar-refractivity contribution in [1.29, 1.82) is 0 Å². The number of ketones is 3. The Morgan fingerprint density at radius 2 is 0.711 bits per heavy atom. The Bertz CT molecular complexity index is 722. The van der Waals surface area contributed by atoms with Crippen molar-refractivity contribution < 1.29 is 29.7 Å². The van der Waals surface area contributed by atoms with Crippen LogP contribution in [0.3, 0.4) is 0 Å². The summed E-state index contributed by atoms with van der Waals surface area (Å²) in [5, 5.41) is 32.6. The molecule has 0 heterocycles. The number of rotatable bonds is 35. The molecular weight excluding hydrogens is 564 g/mol. The number of Topliss-reactive ketones (excluding diaryl/α,β-unsaturated/α-hetero) is 3. The van der Waals surface area contributed by atoms with Crippen LogP contribution in [0, 0.1) is 0 Å². The summed E-state index contributed by atoms with van der Waals surface area (Å²) in [5.41, 5.74) is -2.74. The van der Waals surface area contributed by atoms with Crippen molar-refractivity contribution in [2.75, 3.05) is 0 Å². The van der Waals surface area contributed by atoms with Gasteiger partial charge in [-0.2, -0.15) is 0 Å². The first-order valence-electron chi connectivity index (χ1n) is 19.4. The fourth-order valence-electron chi connectivity index (χ4n) is 6.27. The van der Waals surface area contributed by atoms with E-state index in [-0.39, 0.29) is 19.3 Å². The number of aliphatic hydroxyl groups is 3. The van der Waals surface area contributed by atoms with E-state index in [0.717, 1.165) is 38.5 Å². The molecule has 0 saturated heterocycles. The monoisotopic (exact) mass is 639 g/mol. The van der Waals surface area contributed by atoms with E-state index in [2.05, 4.69) is 13.8 Å². The molecule has 0 spiro atoms. The van der Waals surface area contributed by atoms with Crippen LogP contribution in [-0.4, -0.2) is 50.5 Å². The van der Waals surface area contributed by atoms with E-state index in [1.165, 1.54) is 116 Å². The van der Waals surface area contributed by atoms with Gasteiger partial charge < -0.3 is 15.3 Å². The molecule has 0 fully saturated rings. The maximum atomic E-state index is 13.1. The van der Waals surface area contributed by atoms with E-state index in [1.807, 2.05) is 0 Å². The maximum Gasteiger partial charge on any atom is 0.210 e. The molecule has 0 amide bonds. The molecule has 3 unspecified atom stereocenters. The number of carbonyl (C=O) groups excluding carboxylic acids is 3. The molecule has 0 radical (unpaired) electrons. The lowest BCUT2D eigenvalue weighted by atomic mass is 9.79. The third-order valence-electron chi connectivity index (χ3n) is 9.42. The Kier molecular flexibility index (Phi) is 29.5. The molecule has 3 atom stereocenters. The van der Waals surface area contributed by atoms with Crippen LogP contribution in [0.25, 0.3) is 0 Å². The van der Waals surface area contributed by atoms with E-state index in [0.29, 0.717) is 19.3 Å². The molecule has 266 valence electrons. The molecule has 0 bridgehead atoms. The van der Waals surface area contributed by atoms with E-state index >= 15 is 0 Å². The molecule has 0 aliphatic rings. The quantitative estimate of drug-likeness (QED) is 0.0470. The summed E-state index contributed by atoms with van der Waals surface area (Å²) < 4.78 is 0. The first kappa shape index (κ1) is 43.9. The number of unbranched alkanes of at least 4 members (excludes halogenated alkanes) is 24. The minimum atomic E-state index is -2.74. The summed E-state index contributed by atoms with van der Waals surface area (Å²) >= 11 is 0. The van der Waals surface area contributed by atoms with Gasteiger partial charge in [0, 0.05) is 19.3 Å². The summed E-state index contributed by atoms with van der Waals surface area (Å²) in [4.78, 5) is 38.6. The third kappa shape index (κ3) is 21.4. The zero-order chi connectivity index (χ0) is 33.6. The highest BCUT2D eigenvalue weighted by molar-refractivity contribution is 6.11. The van der Waals surface area contributed by atoms with Crippen LogP contribution < -0.4 is 0 Å². The van der Waals surface area contributed by atoms with Crippen LogP contribution in [0.5, 0.6) is 0 Å². The van der Waals surface area contributed by atoms with Gasteiger partial charge in [-0.05, 0) is 19.3 Å². The van der Waals surface area contributed by atoms with Crippen molar-refractivity contribution in [3.8, 4) is 0 Å². The first-order chi connectivity index (χ1) is 21.8. The van der Waals surface area contributed by atoms with Crippen LogP contribution in [0.4, 0.5) is 0 Å². The molecule has 0 rings (SSSR count). The lowest BCUT2D eigenvalue weighted by Crippen LogP contribution is -2.61. The molecular formula is C39H74O6. The minimum absolute atomic E-state index is 0.0550. The van der Waals surface area contributed by atoms with E-state index in [1.54, 1.807) is 6.92 Å². The van der Waals surface area contributed by atoms with Gasteiger partial charge in [-0.1, -0.05) is 175 Å². The van der Waals surface area contributed by atoms with Crippen LogP contribution >= 0.6 is 0 Å². The zero-order valence-corrected chi connectivity index (χ0v) is 29.9. The molecule has 0 aliphatic carbocycles. The van der Waals surface area contributed by atoms with Crippen LogP contribution in [-0.2, 0) is 14.4 Å². The molecule has 0 saturated carbocycles. The summed E-state index contributed by atoms with van der Waals surface area (Å²) in [6, 6.07) is 0. The Morgan fingerprint density at radius 3 is 1.04 bits per heavy atom. The van der Waals surface area contributed by atoms with Crippen molar-refractivity contribution in [3.63, 3.8) is 0 Å². The highest BCUT2D eigenvalue weighted by Crippen LogP contribution is 2.25. The molecule has 0 aromatic heterocycles. The van der Waals surface area contributed by atoms with Gasteiger partial charge in [-0.3, -0.25) is 14.4 Å². The Hall–Kier alpha value is -1.11. The fourth-order valence-corrected chi connectivity index (χ4v) is 6.27. The molecule has 0 aromatic carbocycles. The molecule has 0 aromatic rings. The highest BCUT2D eigenvalue weighted by Gasteiger charge is 2.52. The number of hydrogen-bond acceptors (Lipinski definition) is 6. The topological polar surface area (TPSA) is 112 Å². The largest absolute Gasteiger partial charge is 0.386 e. The Morgan fingerprint density at radius 1 is 0.422 bits per heavy atom. The number of carbonyl (C=O) groups is 3. The predicted molar refractivity (Wildman–Crippen MR) is 188 cm³/mol.